The van der Waals surface area contributed by atoms with Crippen LogP contribution in [0.4, 0.5) is 0 Å². The minimum atomic E-state index is 0.335. The fraction of sp³-hybridized carbons (Fsp3) is 1.00. The van der Waals surface area contributed by atoms with Gasteiger partial charge in [0, 0.05) is 11.6 Å². The third kappa shape index (κ3) is 4.01. The van der Waals surface area contributed by atoms with E-state index < -0.39 is 0 Å². The van der Waals surface area contributed by atoms with E-state index in [1.54, 1.807) is 0 Å². The third-order valence-corrected chi connectivity index (χ3v) is 6.45. The van der Waals surface area contributed by atoms with Crippen LogP contribution in [0.2, 0.25) is 0 Å². The van der Waals surface area contributed by atoms with Crippen LogP contribution < -0.4 is 5.32 Å². The van der Waals surface area contributed by atoms with Crippen molar-refractivity contribution in [1.82, 2.24) is 10.2 Å². The molecule has 0 aliphatic heterocycles. The number of rotatable bonds is 9. The molecule has 1 atom stereocenters. The molecule has 126 valence electrons. The lowest BCUT2D eigenvalue weighted by Crippen LogP contribution is -2.63. The average Bonchev–Trinajstić information content (AvgIpc) is 2.55. The Morgan fingerprint density at radius 3 is 1.81 bits per heavy atom. The molecule has 0 amide bonds. The number of nitrogens with one attached hydrogen (secondary N) is 1. The predicted molar refractivity (Wildman–Crippen MR) is 94.8 cm³/mol. The Bertz CT molecular complexity index is 261. The summed E-state index contributed by atoms with van der Waals surface area (Å²) in [6.07, 6.45) is 9.62. The maximum Gasteiger partial charge on any atom is 0.0359 e. The summed E-state index contributed by atoms with van der Waals surface area (Å²) in [6.45, 7) is 14.1. The first kappa shape index (κ1) is 19.0. The molecule has 0 aromatic heterocycles. The highest BCUT2D eigenvalue weighted by Gasteiger charge is 2.43. The lowest BCUT2D eigenvalue weighted by atomic mass is 9.69. The molecule has 1 rings (SSSR count). The predicted octanol–water partition coefficient (Wildman–Crippen LogP) is 4.69. The van der Waals surface area contributed by atoms with Crippen LogP contribution in [0.25, 0.3) is 0 Å². The Hall–Kier alpha value is -0.0800. The van der Waals surface area contributed by atoms with Gasteiger partial charge >= 0.3 is 0 Å². The van der Waals surface area contributed by atoms with Gasteiger partial charge in [0.2, 0.25) is 0 Å². The Morgan fingerprint density at radius 1 is 0.952 bits per heavy atom. The standard InChI is InChI=1S/C19H40N2/c1-7-16-12-14-17(15-13-16)18(20-6)19(8-2,9-3)21(10-4)11-5/h16-18,20H,7-15H2,1-6H3. The third-order valence-electron chi connectivity index (χ3n) is 6.45. The summed E-state index contributed by atoms with van der Waals surface area (Å²) in [5.41, 5.74) is 0.335. The van der Waals surface area contributed by atoms with Crippen molar-refractivity contribution >= 4 is 0 Å². The van der Waals surface area contributed by atoms with Crippen molar-refractivity contribution in [1.29, 1.82) is 0 Å². The molecule has 0 saturated heterocycles. The van der Waals surface area contributed by atoms with Gasteiger partial charge < -0.3 is 5.32 Å². The van der Waals surface area contributed by atoms with E-state index in [1.165, 1.54) is 58.0 Å². The van der Waals surface area contributed by atoms with Gasteiger partial charge in [0.15, 0.2) is 0 Å². The first-order chi connectivity index (χ1) is 10.1. The Kier molecular flexibility index (Phi) is 8.26. The number of nitrogens with zero attached hydrogens (tertiary/aromatic N) is 1. The van der Waals surface area contributed by atoms with Crippen molar-refractivity contribution in [2.45, 2.75) is 91.1 Å². The zero-order valence-corrected chi connectivity index (χ0v) is 15.5. The van der Waals surface area contributed by atoms with E-state index in [1.807, 2.05) is 0 Å². The average molecular weight is 297 g/mol. The molecule has 1 N–H and O–H groups in total. The molecule has 1 aliphatic rings. The van der Waals surface area contributed by atoms with Crippen LogP contribution in [0, 0.1) is 11.8 Å². The summed E-state index contributed by atoms with van der Waals surface area (Å²) in [6, 6.07) is 0.644. The van der Waals surface area contributed by atoms with E-state index >= 15 is 0 Å². The summed E-state index contributed by atoms with van der Waals surface area (Å²) in [5.74, 6) is 1.85. The molecule has 1 aliphatic carbocycles. The van der Waals surface area contributed by atoms with Crippen molar-refractivity contribution in [3.8, 4) is 0 Å². The SMILES string of the molecule is CCC1CCC(C(NC)C(CC)(CC)N(CC)CC)CC1. The molecule has 21 heavy (non-hydrogen) atoms. The van der Waals surface area contributed by atoms with Crippen LogP contribution in [-0.2, 0) is 0 Å². The van der Waals surface area contributed by atoms with Gasteiger partial charge in [-0.2, -0.15) is 0 Å². The van der Waals surface area contributed by atoms with Crippen molar-refractivity contribution in [3.05, 3.63) is 0 Å². The van der Waals surface area contributed by atoms with Gasteiger partial charge in [-0.15, -0.1) is 0 Å². The molecule has 0 bridgehead atoms. The van der Waals surface area contributed by atoms with Crippen LogP contribution in [0.5, 0.6) is 0 Å². The molecule has 0 spiro atoms. The topological polar surface area (TPSA) is 15.3 Å². The van der Waals surface area contributed by atoms with Gasteiger partial charge in [-0.1, -0.05) is 53.9 Å². The van der Waals surface area contributed by atoms with E-state index in [4.69, 9.17) is 0 Å². The minimum absolute atomic E-state index is 0.335. The van der Waals surface area contributed by atoms with Gasteiger partial charge in [-0.3, -0.25) is 4.90 Å². The molecule has 1 unspecified atom stereocenters. The van der Waals surface area contributed by atoms with E-state index in [0.717, 1.165) is 11.8 Å². The summed E-state index contributed by atoms with van der Waals surface area (Å²) >= 11 is 0. The van der Waals surface area contributed by atoms with Crippen molar-refractivity contribution < 1.29 is 0 Å². The monoisotopic (exact) mass is 296 g/mol. The summed E-state index contributed by atoms with van der Waals surface area (Å²) in [4.78, 5) is 2.72. The second-order valence-corrected chi connectivity index (χ2v) is 6.94. The fourth-order valence-electron chi connectivity index (χ4n) is 5.06. The molecular weight excluding hydrogens is 256 g/mol. The van der Waals surface area contributed by atoms with E-state index in [2.05, 4.69) is 51.9 Å². The molecular formula is C19H40N2. The molecule has 1 fully saturated rings. The molecule has 0 radical (unpaired) electrons. The van der Waals surface area contributed by atoms with E-state index in [0.29, 0.717) is 11.6 Å². The second kappa shape index (κ2) is 9.15. The number of likely N-dealkylation sites (N-methyl/N-ethyl adjacent to an activating group) is 2. The maximum absolute atomic E-state index is 3.75. The highest BCUT2D eigenvalue weighted by atomic mass is 15.2. The van der Waals surface area contributed by atoms with Gasteiger partial charge in [-0.25, -0.2) is 0 Å². The zero-order chi connectivity index (χ0) is 15.9. The van der Waals surface area contributed by atoms with Crippen molar-refractivity contribution in [2.24, 2.45) is 11.8 Å². The zero-order valence-electron chi connectivity index (χ0n) is 15.5. The fourth-order valence-corrected chi connectivity index (χ4v) is 5.06. The Balaban J connectivity index is 2.92. The quantitative estimate of drug-likeness (QED) is 0.664. The first-order valence-corrected chi connectivity index (χ1v) is 9.55. The molecule has 0 aromatic carbocycles. The molecule has 0 aromatic rings. The largest absolute Gasteiger partial charge is 0.315 e. The second-order valence-electron chi connectivity index (χ2n) is 6.94. The van der Waals surface area contributed by atoms with E-state index in [-0.39, 0.29) is 0 Å². The summed E-state index contributed by atoms with van der Waals surface area (Å²) in [7, 11) is 2.19. The first-order valence-electron chi connectivity index (χ1n) is 9.55. The molecule has 0 heterocycles. The Morgan fingerprint density at radius 2 is 1.48 bits per heavy atom. The van der Waals surface area contributed by atoms with Crippen LogP contribution in [-0.4, -0.2) is 36.6 Å². The smallest absolute Gasteiger partial charge is 0.0359 e. The lowest BCUT2D eigenvalue weighted by Gasteiger charge is -2.51. The summed E-state index contributed by atoms with van der Waals surface area (Å²) in [5, 5.41) is 3.75. The minimum Gasteiger partial charge on any atom is -0.315 e. The normalized spacial score (nSPS) is 25.3. The van der Waals surface area contributed by atoms with Crippen LogP contribution >= 0.6 is 0 Å². The molecule has 2 heteroatoms. The number of hydrogen-bond acceptors (Lipinski definition) is 2. The van der Waals surface area contributed by atoms with Crippen molar-refractivity contribution in [3.63, 3.8) is 0 Å². The maximum atomic E-state index is 3.75. The highest BCUT2D eigenvalue weighted by molar-refractivity contribution is 5.02. The van der Waals surface area contributed by atoms with Gasteiger partial charge in [0.1, 0.15) is 0 Å². The highest BCUT2D eigenvalue weighted by Crippen LogP contribution is 2.39. The van der Waals surface area contributed by atoms with Crippen molar-refractivity contribution in [2.75, 3.05) is 20.1 Å². The van der Waals surface area contributed by atoms with E-state index in [9.17, 15) is 0 Å². The van der Waals surface area contributed by atoms with Crippen LogP contribution in [0.1, 0.15) is 79.6 Å². The van der Waals surface area contributed by atoms with Gasteiger partial charge in [0.05, 0.1) is 0 Å². The van der Waals surface area contributed by atoms with Crippen LogP contribution in [0.15, 0.2) is 0 Å². The lowest BCUT2D eigenvalue weighted by molar-refractivity contribution is 0.0179. The molecule has 2 nitrogen and oxygen atoms in total. The summed E-state index contributed by atoms with van der Waals surface area (Å²) < 4.78 is 0. The van der Waals surface area contributed by atoms with Crippen LogP contribution in [0.3, 0.4) is 0 Å². The van der Waals surface area contributed by atoms with Gasteiger partial charge in [0.25, 0.3) is 0 Å². The number of hydrogen-bond donors (Lipinski definition) is 1. The Labute approximate surface area is 134 Å². The van der Waals surface area contributed by atoms with Gasteiger partial charge in [-0.05, 0) is 57.7 Å². The molecule has 1 saturated carbocycles.